The highest BCUT2D eigenvalue weighted by Crippen LogP contribution is 2.35. The van der Waals surface area contributed by atoms with Gasteiger partial charge in [-0.05, 0) is 37.5 Å². The first-order valence-corrected chi connectivity index (χ1v) is 6.80. The molecule has 1 aromatic rings. The molecule has 1 spiro atoms. The second-order valence-electron chi connectivity index (χ2n) is 5.57. The normalized spacial score (nSPS) is 21.8. The van der Waals surface area contributed by atoms with Crippen molar-refractivity contribution in [2.24, 2.45) is 0 Å². The minimum absolute atomic E-state index is 0.0511. The van der Waals surface area contributed by atoms with Gasteiger partial charge in [0.1, 0.15) is 12.1 Å². The summed E-state index contributed by atoms with van der Waals surface area (Å²) >= 11 is 0. The topological polar surface area (TPSA) is 49.4 Å². The summed E-state index contributed by atoms with van der Waals surface area (Å²) in [6.45, 7) is 2.12. The van der Waals surface area contributed by atoms with Crippen LogP contribution in [0.1, 0.15) is 31.2 Å². The lowest BCUT2D eigenvalue weighted by Gasteiger charge is -2.39. The number of aryl methyl sites for hydroxylation is 1. The van der Waals surface area contributed by atoms with E-state index in [4.69, 9.17) is 0 Å². The summed E-state index contributed by atoms with van der Waals surface area (Å²) in [7, 11) is 0. The van der Waals surface area contributed by atoms with E-state index < -0.39 is 5.54 Å². The van der Waals surface area contributed by atoms with Gasteiger partial charge in [0.2, 0.25) is 5.91 Å². The summed E-state index contributed by atoms with van der Waals surface area (Å²) in [5, 5.41) is 2.93. The molecule has 3 rings (SSSR count). The van der Waals surface area contributed by atoms with Gasteiger partial charge in [0.05, 0.1) is 0 Å². The van der Waals surface area contributed by atoms with Gasteiger partial charge in [-0.3, -0.25) is 9.59 Å². The SMILES string of the molecule is Cc1cccc(N2CC(=O)NC3(CCCC3)C2=O)c1. The summed E-state index contributed by atoms with van der Waals surface area (Å²) in [4.78, 5) is 26.3. The van der Waals surface area contributed by atoms with E-state index in [9.17, 15) is 9.59 Å². The molecule has 4 nitrogen and oxygen atoms in total. The van der Waals surface area contributed by atoms with Crippen molar-refractivity contribution in [2.75, 3.05) is 11.4 Å². The molecule has 1 N–H and O–H groups in total. The van der Waals surface area contributed by atoms with Crippen molar-refractivity contribution in [3.63, 3.8) is 0 Å². The Balaban J connectivity index is 1.97. The molecule has 0 bridgehead atoms. The maximum Gasteiger partial charge on any atom is 0.253 e. The van der Waals surface area contributed by atoms with Crippen molar-refractivity contribution < 1.29 is 9.59 Å². The van der Waals surface area contributed by atoms with Crippen molar-refractivity contribution in [3.05, 3.63) is 29.8 Å². The molecule has 1 aliphatic carbocycles. The Morgan fingerprint density at radius 3 is 2.63 bits per heavy atom. The third kappa shape index (κ3) is 2.01. The van der Waals surface area contributed by atoms with Gasteiger partial charge in [0.25, 0.3) is 5.91 Å². The van der Waals surface area contributed by atoms with E-state index in [1.807, 2.05) is 31.2 Å². The lowest BCUT2D eigenvalue weighted by molar-refractivity contribution is -0.135. The van der Waals surface area contributed by atoms with Crippen LogP contribution < -0.4 is 10.2 Å². The molecule has 0 radical (unpaired) electrons. The van der Waals surface area contributed by atoms with E-state index >= 15 is 0 Å². The van der Waals surface area contributed by atoms with Crippen LogP contribution in [0.2, 0.25) is 0 Å². The minimum atomic E-state index is -0.640. The van der Waals surface area contributed by atoms with Gasteiger partial charge < -0.3 is 10.2 Å². The first-order valence-electron chi connectivity index (χ1n) is 6.80. The van der Waals surface area contributed by atoms with Crippen molar-refractivity contribution in [3.8, 4) is 0 Å². The molecular formula is C15H18N2O2. The number of anilines is 1. The van der Waals surface area contributed by atoms with Crippen LogP contribution in [-0.4, -0.2) is 23.9 Å². The van der Waals surface area contributed by atoms with E-state index in [1.54, 1.807) is 4.90 Å². The van der Waals surface area contributed by atoms with Crippen molar-refractivity contribution in [1.82, 2.24) is 5.32 Å². The largest absolute Gasteiger partial charge is 0.340 e. The van der Waals surface area contributed by atoms with Gasteiger partial charge in [0, 0.05) is 5.69 Å². The summed E-state index contributed by atoms with van der Waals surface area (Å²) < 4.78 is 0. The van der Waals surface area contributed by atoms with E-state index in [-0.39, 0.29) is 18.4 Å². The summed E-state index contributed by atoms with van der Waals surface area (Å²) in [5.41, 5.74) is 1.28. The van der Waals surface area contributed by atoms with Gasteiger partial charge in [-0.25, -0.2) is 0 Å². The average molecular weight is 258 g/mol. The Bertz CT molecular complexity index is 533. The second-order valence-corrected chi connectivity index (χ2v) is 5.57. The second kappa shape index (κ2) is 4.37. The summed E-state index contributed by atoms with van der Waals surface area (Å²) in [6, 6.07) is 7.76. The number of amides is 2. The smallest absolute Gasteiger partial charge is 0.253 e. The molecule has 2 fully saturated rings. The van der Waals surface area contributed by atoms with Crippen LogP contribution in [0.4, 0.5) is 5.69 Å². The van der Waals surface area contributed by atoms with Crippen LogP contribution in [-0.2, 0) is 9.59 Å². The highest BCUT2D eigenvalue weighted by Gasteiger charge is 2.48. The molecule has 1 aromatic carbocycles. The van der Waals surface area contributed by atoms with Crippen molar-refractivity contribution in [1.29, 1.82) is 0 Å². The number of piperazine rings is 1. The van der Waals surface area contributed by atoms with E-state index in [1.165, 1.54) is 0 Å². The average Bonchev–Trinajstić information content (AvgIpc) is 2.83. The Morgan fingerprint density at radius 1 is 1.21 bits per heavy atom. The van der Waals surface area contributed by atoms with Gasteiger partial charge in [0.15, 0.2) is 0 Å². The van der Waals surface area contributed by atoms with Crippen LogP contribution in [0.5, 0.6) is 0 Å². The number of nitrogens with one attached hydrogen (secondary N) is 1. The molecule has 1 heterocycles. The molecule has 4 heteroatoms. The van der Waals surface area contributed by atoms with Gasteiger partial charge in [-0.1, -0.05) is 25.0 Å². The Hall–Kier alpha value is -1.84. The zero-order valence-corrected chi connectivity index (χ0v) is 11.1. The van der Waals surface area contributed by atoms with Gasteiger partial charge >= 0.3 is 0 Å². The zero-order chi connectivity index (χ0) is 13.5. The predicted octanol–water partition coefficient (Wildman–Crippen LogP) is 1.77. The van der Waals surface area contributed by atoms with Crippen molar-refractivity contribution in [2.45, 2.75) is 38.1 Å². The lowest BCUT2D eigenvalue weighted by atomic mass is 9.92. The van der Waals surface area contributed by atoms with E-state index in [2.05, 4.69) is 5.32 Å². The number of rotatable bonds is 1. The summed E-state index contributed by atoms with van der Waals surface area (Å²) in [6.07, 6.45) is 3.54. The number of hydrogen-bond acceptors (Lipinski definition) is 2. The third-order valence-corrected chi connectivity index (χ3v) is 4.11. The number of nitrogens with zero attached hydrogens (tertiary/aromatic N) is 1. The predicted molar refractivity (Wildman–Crippen MR) is 72.9 cm³/mol. The molecule has 2 aliphatic rings. The monoisotopic (exact) mass is 258 g/mol. The number of carbonyl (C=O) groups excluding carboxylic acids is 2. The summed E-state index contributed by atoms with van der Waals surface area (Å²) in [5.74, 6) is -0.00166. The fourth-order valence-corrected chi connectivity index (χ4v) is 3.16. The van der Waals surface area contributed by atoms with Crippen LogP contribution in [0.25, 0.3) is 0 Å². The number of carbonyl (C=O) groups is 2. The molecule has 0 atom stereocenters. The van der Waals surface area contributed by atoms with Crippen LogP contribution in [0, 0.1) is 6.92 Å². The van der Waals surface area contributed by atoms with Crippen LogP contribution in [0.15, 0.2) is 24.3 Å². The fourth-order valence-electron chi connectivity index (χ4n) is 3.16. The first kappa shape index (κ1) is 12.2. The zero-order valence-electron chi connectivity index (χ0n) is 11.1. The number of hydrogen-bond donors (Lipinski definition) is 1. The molecule has 100 valence electrons. The Labute approximate surface area is 112 Å². The molecule has 1 aliphatic heterocycles. The van der Waals surface area contributed by atoms with Crippen LogP contribution >= 0.6 is 0 Å². The molecule has 2 amide bonds. The third-order valence-electron chi connectivity index (χ3n) is 4.11. The van der Waals surface area contributed by atoms with Crippen LogP contribution in [0.3, 0.4) is 0 Å². The molecular weight excluding hydrogens is 240 g/mol. The molecule has 0 aromatic heterocycles. The van der Waals surface area contributed by atoms with Gasteiger partial charge in [-0.15, -0.1) is 0 Å². The van der Waals surface area contributed by atoms with Crippen molar-refractivity contribution >= 4 is 17.5 Å². The molecule has 1 saturated carbocycles. The standard InChI is InChI=1S/C15H18N2O2/c1-11-5-4-6-12(9-11)17-10-13(18)16-15(14(17)19)7-2-3-8-15/h4-6,9H,2-3,7-8,10H2,1H3,(H,16,18). The highest BCUT2D eigenvalue weighted by molar-refractivity contribution is 6.09. The first-order chi connectivity index (χ1) is 9.11. The van der Waals surface area contributed by atoms with E-state index in [0.717, 1.165) is 36.9 Å². The molecule has 0 unspecified atom stereocenters. The Morgan fingerprint density at radius 2 is 1.95 bits per heavy atom. The molecule has 19 heavy (non-hydrogen) atoms. The molecule has 1 saturated heterocycles. The Kier molecular flexibility index (Phi) is 2.81. The van der Waals surface area contributed by atoms with Gasteiger partial charge in [-0.2, -0.15) is 0 Å². The van der Waals surface area contributed by atoms with E-state index in [0.29, 0.717) is 0 Å². The maximum absolute atomic E-state index is 12.7. The fraction of sp³-hybridized carbons (Fsp3) is 0.467. The minimum Gasteiger partial charge on any atom is -0.340 e. The lowest BCUT2D eigenvalue weighted by Crippen LogP contribution is -2.65. The number of benzene rings is 1. The maximum atomic E-state index is 12.7. The highest BCUT2D eigenvalue weighted by atomic mass is 16.2. The quantitative estimate of drug-likeness (QED) is 0.834.